The van der Waals surface area contributed by atoms with Gasteiger partial charge in [-0.2, -0.15) is 0 Å². The fourth-order valence-corrected chi connectivity index (χ4v) is 2.09. The van der Waals surface area contributed by atoms with Crippen LogP contribution in [0.25, 0.3) is 11.4 Å². The van der Waals surface area contributed by atoms with Crippen molar-refractivity contribution >= 4 is 39.1 Å². The Bertz CT molecular complexity index is 458. The highest BCUT2D eigenvalue weighted by atomic mass is 79.9. The fourth-order valence-electron chi connectivity index (χ4n) is 1.20. The average Bonchev–Trinajstić information content (AvgIpc) is 2.14. The van der Waals surface area contributed by atoms with Crippen LogP contribution < -0.4 is 0 Å². The quantitative estimate of drug-likeness (QED) is 0.730. The Morgan fingerprint density at radius 2 is 1.62 bits per heavy atom. The van der Waals surface area contributed by atoms with Gasteiger partial charge in [0.2, 0.25) is 0 Å². The molecule has 1 heterocycles. The van der Waals surface area contributed by atoms with Crippen LogP contribution in [0.3, 0.4) is 0 Å². The largest absolute Gasteiger partial charge is 0.216 e. The van der Waals surface area contributed by atoms with Crippen molar-refractivity contribution in [2.75, 3.05) is 0 Å². The summed E-state index contributed by atoms with van der Waals surface area (Å²) in [6.45, 7) is 0. The van der Waals surface area contributed by atoms with Gasteiger partial charge >= 0.3 is 0 Å². The van der Waals surface area contributed by atoms with Crippen LogP contribution in [-0.4, -0.2) is 9.97 Å². The fraction of sp³-hybridized carbons (Fsp3) is 0. The van der Waals surface area contributed by atoms with Gasteiger partial charge in [0.05, 0.1) is 0 Å². The molecule has 0 bridgehead atoms. The van der Waals surface area contributed by atoms with E-state index >= 15 is 0 Å². The van der Waals surface area contributed by atoms with E-state index in [2.05, 4.69) is 25.9 Å². The minimum atomic E-state index is -0.385. The van der Waals surface area contributed by atoms with Crippen LogP contribution in [-0.2, 0) is 0 Å². The number of nitrogens with zero attached hydrogens (tertiary/aromatic N) is 2. The van der Waals surface area contributed by atoms with Crippen molar-refractivity contribution in [1.29, 1.82) is 0 Å². The summed E-state index contributed by atoms with van der Waals surface area (Å²) in [6.07, 6.45) is 0. The van der Waals surface area contributed by atoms with E-state index in [0.717, 1.165) is 0 Å². The topological polar surface area (TPSA) is 25.8 Å². The summed E-state index contributed by atoms with van der Waals surface area (Å²) in [4.78, 5) is 7.94. The van der Waals surface area contributed by atoms with Gasteiger partial charge in [-0.1, -0.05) is 39.1 Å². The summed E-state index contributed by atoms with van der Waals surface area (Å²) in [6, 6.07) is 5.76. The van der Waals surface area contributed by atoms with Gasteiger partial charge in [0.15, 0.2) is 5.82 Å². The third-order valence-corrected chi connectivity index (χ3v) is 2.63. The second kappa shape index (κ2) is 4.65. The molecule has 0 N–H and O–H groups in total. The lowest BCUT2D eigenvalue weighted by atomic mass is 10.2. The molecule has 6 heteroatoms. The molecule has 16 heavy (non-hydrogen) atoms. The van der Waals surface area contributed by atoms with Crippen LogP contribution >= 0.6 is 39.1 Å². The number of hydrogen-bond acceptors (Lipinski definition) is 2. The standard InChI is InChI=1S/C10H4BrCl2FN2/c11-6-1-5(2-7(14)3-6)10-15-8(12)4-9(13)16-10/h1-4H. The first-order valence-corrected chi connectivity index (χ1v) is 5.76. The van der Waals surface area contributed by atoms with Crippen LogP contribution in [0, 0.1) is 5.82 Å². The summed E-state index contributed by atoms with van der Waals surface area (Å²) in [5, 5.41) is 0.436. The van der Waals surface area contributed by atoms with Gasteiger partial charge in [-0.3, -0.25) is 0 Å². The Morgan fingerprint density at radius 3 is 2.19 bits per heavy atom. The molecule has 0 saturated carbocycles. The summed E-state index contributed by atoms with van der Waals surface area (Å²) >= 11 is 14.7. The molecule has 82 valence electrons. The molecule has 0 radical (unpaired) electrons. The van der Waals surface area contributed by atoms with Crippen LogP contribution in [0.5, 0.6) is 0 Å². The molecule has 0 unspecified atom stereocenters. The van der Waals surface area contributed by atoms with E-state index in [1.807, 2.05) is 0 Å². The van der Waals surface area contributed by atoms with Crippen molar-refractivity contribution in [3.05, 3.63) is 44.9 Å². The van der Waals surface area contributed by atoms with E-state index in [4.69, 9.17) is 23.2 Å². The smallest absolute Gasteiger partial charge is 0.162 e. The van der Waals surface area contributed by atoms with Crippen molar-refractivity contribution in [1.82, 2.24) is 9.97 Å². The van der Waals surface area contributed by atoms with Gasteiger partial charge in [0.25, 0.3) is 0 Å². The molecule has 2 nitrogen and oxygen atoms in total. The minimum absolute atomic E-state index is 0.218. The predicted octanol–water partition coefficient (Wildman–Crippen LogP) is 4.35. The van der Waals surface area contributed by atoms with Crippen molar-refractivity contribution in [3.8, 4) is 11.4 Å². The molecule has 0 spiro atoms. The molecule has 1 aromatic carbocycles. The molecule has 0 fully saturated rings. The lowest BCUT2D eigenvalue weighted by Crippen LogP contribution is -1.91. The lowest BCUT2D eigenvalue weighted by molar-refractivity contribution is 0.627. The molecule has 0 amide bonds. The van der Waals surface area contributed by atoms with Gasteiger partial charge < -0.3 is 0 Å². The highest BCUT2D eigenvalue weighted by Gasteiger charge is 2.07. The zero-order valence-corrected chi connectivity index (χ0v) is 10.8. The third kappa shape index (κ3) is 2.70. The van der Waals surface area contributed by atoms with Crippen molar-refractivity contribution in [3.63, 3.8) is 0 Å². The number of aromatic nitrogens is 2. The average molecular weight is 322 g/mol. The van der Waals surface area contributed by atoms with Crippen molar-refractivity contribution in [2.24, 2.45) is 0 Å². The Kier molecular flexibility index (Phi) is 3.42. The monoisotopic (exact) mass is 320 g/mol. The highest BCUT2D eigenvalue weighted by Crippen LogP contribution is 2.24. The minimum Gasteiger partial charge on any atom is -0.216 e. The van der Waals surface area contributed by atoms with Gasteiger partial charge in [-0.15, -0.1) is 0 Å². The number of hydrogen-bond donors (Lipinski definition) is 0. The van der Waals surface area contributed by atoms with Gasteiger partial charge in [-0.25, -0.2) is 14.4 Å². The van der Waals surface area contributed by atoms with E-state index in [0.29, 0.717) is 10.0 Å². The summed E-state index contributed by atoms with van der Waals surface area (Å²) in [5.41, 5.74) is 0.510. The molecular weight excluding hydrogens is 318 g/mol. The van der Waals surface area contributed by atoms with Gasteiger partial charge in [-0.05, 0) is 18.2 Å². The van der Waals surface area contributed by atoms with Crippen LogP contribution in [0.1, 0.15) is 0 Å². The first kappa shape index (κ1) is 11.8. The highest BCUT2D eigenvalue weighted by molar-refractivity contribution is 9.10. The first-order valence-electron chi connectivity index (χ1n) is 4.21. The maximum absolute atomic E-state index is 13.2. The first-order chi connectivity index (χ1) is 7.54. The van der Waals surface area contributed by atoms with E-state index in [1.165, 1.54) is 18.2 Å². The summed E-state index contributed by atoms with van der Waals surface area (Å²) in [7, 11) is 0. The number of benzene rings is 1. The second-order valence-electron chi connectivity index (χ2n) is 3.00. The Balaban J connectivity index is 2.57. The normalized spacial score (nSPS) is 10.5. The SMILES string of the molecule is Fc1cc(Br)cc(-c2nc(Cl)cc(Cl)n2)c1. The predicted molar refractivity (Wildman–Crippen MR) is 65.1 cm³/mol. The maximum atomic E-state index is 13.2. The molecule has 0 aliphatic carbocycles. The molecule has 0 atom stereocenters. The Morgan fingerprint density at radius 1 is 1.00 bits per heavy atom. The zero-order valence-electron chi connectivity index (χ0n) is 7.72. The van der Waals surface area contributed by atoms with Gasteiger partial charge in [0.1, 0.15) is 16.1 Å². The van der Waals surface area contributed by atoms with Gasteiger partial charge in [0, 0.05) is 16.1 Å². The summed E-state index contributed by atoms with van der Waals surface area (Å²) < 4.78 is 13.8. The zero-order chi connectivity index (χ0) is 11.7. The Hall–Kier alpha value is -0.710. The molecule has 2 aromatic rings. The Labute approximate surface area is 110 Å². The van der Waals surface area contributed by atoms with Crippen LogP contribution in [0.4, 0.5) is 4.39 Å². The maximum Gasteiger partial charge on any atom is 0.162 e. The molecule has 0 saturated heterocycles. The lowest BCUT2D eigenvalue weighted by Gasteiger charge is -2.02. The molecule has 0 aliphatic heterocycles. The summed E-state index contributed by atoms with van der Waals surface area (Å²) in [5.74, 6) is -0.0956. The number of rotatable bonds is 1. The van der Waals surface area contributed by atoms with Crippen LogP contribution in [0.15, 0.2) is 28.7 Å². The number of halogens is 4. The third-order valence-electron chi connectivity index (χ3n) is 1.78. The molecule has 2 rings (SSSR count). The molecule has 1 aromatic heterocycles. The second-order valence-corrected chi connectivity index (χ2v) is 4.69. The van der Waals surface area contributed by atoms with E-state index in [1.54, 1.807) is 6.07 Å². The molecule has 0 aliphatic rings. The van der Waals surface area contributed by atoms with E-state index in [-0.39, 0.29) is 21.9 Å². The van der Waals surface area contributed by atoms with E-state index in [9.17, 15) is 4.39 Å². The van der Waals surface area contributed by atoms with Crippen molar-refractivity contribution < 1.29 is 4.39 Å². The van der Waals surface area contributed by atoms with Crippen molar-refractivity contribution in [2.45, 2.75) is 0 Å². The van der Waals surface area contributed by atoms with E-state index < -0.39 is 0 Å². The van der Waals surface area contributed by atoms with Crippen LogP contribution in [0.2, 0.25) is 10.3 Å². The molecular formula is C10H4BrCl2FN2.